The Morgan fingerprint density at radius 3 is 2.07 bits per heavy atom. The van der Waals surface area contributed by atoms with E-state index in [2.05, 4.69) is 4.98 Å². The van der Waals surface area contributed by atoms with Gasteiger partial charge in [0.05, 0.1) is 12.3 Å². The van der Waals surface area contributed by atoms with Crippen molar-refractivity contribution in [2.24, 2.45) is 5.14 Å². The van der Waals surface area contributed by atoms with Crippen molar-refractivity contribution >= 4 is 16.0 Å². The molecule has 0 aliphatic rings. The minimum Gasteiger partial charge on any atom is -0.462 e. The molecule has 0 bridgehead atoms. The van der Waals surface area contributed by atoms with Crippen LogP contribution in [0.1, 0.15) is 17.3 Å². The summed E-state index contributed by atoms with van der Waals surface area (Å²) in [6, 6.07) is 19.7. The molecule has 2 N–H and O–H groups in total. The molecule has 0 unspecified atom stereocenters. The van der Waals surface area contributed by atoms with Crippen molar-refractivity contribution in [1.82, 2.24) is 4.98 Å². The molecule has 0 amide bonds. The first kappa shape index (κ1) is 18.8. The predicted octanol–water partition coefficient (Wildman–Crippen LogP) is 3.24. The standard InChI is InChI=1S/C20H18N2O4S/c1-2-26-20(23)18-16(14-9-5-3-6-10-14)13-17(15-11-7-4-8-12-15)22-19(18)27(21,24)25/h3-13H,2H2,1H3,(H2,21,24,25). The summed E-state index contributed by atoms with van der Waals surface area (Å²) in [5.41, 5.74) is 1.99. The average Bonchev–Trinajstić information content (AvgIpc) is 2.68. The lowest BCUT2D eigenvalue weighted by Gasteiger charge is -2.15. The SMILES string of the molecule is CCOC(=O)c1c(-c2ccccc2)cc(-c2ccccc2)nc1S(N)(=O)=O. The summed E-state index contributed by atoms with van der Waals surface area (Å²) in [6.07, 6.45) is 0. The Hall–Kier alpha value is -3.03. The molecule has 2 aromatic carbocycles. The van der Waals surface area contributed by atoms with E-state index < -0.39 is 21.0 Å². The second-order valence-electron chi connectivity index (χ2n) is 5.73. The van der Waals surface area contributed by atoms with Gasteiger partial charge in [-0.05, 0) is 18.6 Å². The zero-order chi connectivity index (χ0) is 19.4. The predicted molar refractivity (Wildman–Crippen MR) is 102 cm³/mol. The molecule has 6 nitrogen and oxygen atoms in total. The first-order chi connectivity index (χ1) is 12.9. The molecule has 1 heterocycles. The van der Waals surface area contributed by atoms with Crippen molar-refractivity contribution in [2.45, 2.75) is 11.9 Å². The molecule has 1 aromatic heterocycles. The first-order valence-electron chi connectivity index (χ1n) is 8.27. The molecular weight excluding hydrogens is 364 g/mol. The van der Waals surface area contributed by atoms with Crippen LogP contribution in [0.15, 0.2) is 71.8 Å². The number of rotatable bonds is 5. The van der Waals surface area contributed by atoms with Crippen molar-refractivity contribution < 1.29 is 17.9 Å². The third kappa shape index (κ3) is 4.05. The number of nitrogens with two attached hydrogens (primary N) is 1. The number of sulfonamides is 1. The van der Waals surface area contributed by atoms with Crippen LogP contribution in [0.25, 0.3) is 22.4 Å². The van der Waals surface area contributed by atoms with Gasteiger partial charge >= 0.3 is 5.97 Å². The number of carbonyl (C=O) groups is 1. The van der Waals surface area contributed by atoms with E-state index in [-0.39, 0.29) is 12.2 Å². The van der Waals surface area contributed by atoms with E-state index in [1.54, 1.807) is 49.4 Å². The third-order valence-corrected chi connectivity index (χ3v) is 4.72. The Morgan fingerprint density at radius 2 is 1.56 bits per heavy atom. The minimum absolute atomic E-state index is 0.0948. The maximum Gasteiger partial charge on any atom is 0.341 e. The fraction of sp³-hybridized carbons (Fsp3) is 0.100. The number of hydrogen-bond donors (Lipinski definition) is 1. The molecule has 0 saturated carbocycles. The maximum absolute atomic E-state index is 12.6. The molecule has 138 valence electrons. The third-order valence-electron chi connectivity index (χ3n) is 3.89. The second kappa shape index (κ2) is 7.69. The Labute approximate surface area is 157 Å². The quantitative estimate of drug-likeness (QED) is 0.683. The molecular formula is C20H18N2O4S. The number of carbonyl (C=O) groups excluding carboxylic acids is 1. The minimum atomic E-state index is -4.27. The summed E-state index contributed by atoms with van der Waals surface area (Å²) in [5.74, 6) is -0.785. The molecule has 3 rings (SSSR count). The summed E-state index contributed by atoms with van der Waals surface area (Å²) < 4.78 is 29.5. The molecule has 0 saturated heterocycles. The normalized spacial score (nSPS) is 11.2. The van der Waals surface area contributed by atoms with Gasteiger partial charge in [-0.1, -0.05) is 60.7 Å². The van der Waals surface area contributed by atoms with Crippen LogP contribution in [-0.4, -0.2) is 26.0 Å². The molecule has 7 heteroatoms. The highest BCUT2D eigenvalue weighted by Gasteiger charge is 2.28. The van der Waals surface area contributed by atoms with Gasteiger partial charge in [-0.15, -0.1) is 0 Å². The van der Waals surface area contributed by atoms with E-state index >= 15 is 0 Å². The van der Waals surface area contributed by atoms with Gasteiger partial charge in [-0.3, -0.25) is 0 Å². The fourth-order valence-electron chi connectivity index (χ4n) is 2.73. The molecule has 0 aliphatic heterocycles. The molecule has 0 radical (unpaired) electrons. The van der Waals surface area contributed by atoms with Gasteiger partial charge in [0.2, 0.25) is 0 Å². The summed E-state index contributed by atoms with van der Waals surface area (Å²) >= 11 is 0. The topological polar surface area (TPSA) is 99.3 Å². The first-order valence-corrected chi connectivity index (χ1v) is 9.82. The maximum atomic E-state index is 12.6. The molecule has 0 fully saturated rings. The fourth-order valence-corrected chi connectivity index (χ4v) is 3.43. The monoisotopic (exact) mass is 382 g/mol. The molecule has 0 spiro atoms. The van der Waals surface area contributed by atoms with Crippen LogP contribution in [0.2, 0.25) is 0 Å². The average molecular weight is 382 g/mol. The number of primary sulfonamides is 1. The lowest BCUT2D eigenvalue weighted by Crippen LogP contribution is -2.21. The van der Waals surface area contributed by atoms with Gasteiger partial charge in [0.1, 0.15) is 5.56 Å². The highest BCUT2D eigenvalue weighted by Crippen LogP contribution is 2.32. The van der Waals surface area contributed by atoms with Crippen molar-refractivity contribution in [3.05, 3.63) is 72.3 Å². The Morgan fingerprint density at radius 1 is 1.00 bits per heavy atom. The van der Waals surface area contributed by atoms with Gasteiger partial charge in [0.15, 0.2) is 5.03 Å². The molecule has 3 aromatic rings. The number of nitrogens with zero attached hydrogens (tertiary/aromatic N) is 1. The number of esters is 1. The number of benzene rings is 2. The van der Waals surface area contributed by atoms with E-state index in [4.69, 9.17) is 9.88 Å². The van der Waals surface area contributed by atoms with Crippen LogP contribution in [0, 0.1) is 0 Å². The summed E-state index contributed by atoms with van der Waals surface area (Å²) in [4.78, 5) is 16.8. The Bertz CT molecular complexity index is 1070. The van der Waals surface area contributed by atoms with Crippen LogP contribution < -0.4 is 5.14 Å². The highest BCUT2D eigenvalue weighted by atomic mass is 32.2. The smallest absolute Gasteiger partial charge is 0.341 e. The second-order valence-corrected chi connectivity index (χ2v) is 7.21. The van der Waals surface area contributed by atoms with Gasteiger partial charge in [0, 0.05) is 11.1 Å². The van der Waals surface area contributed by atoms with Crippen LogP contribution >= 0.6 is 0 Å². The van der Waals surface area contributed by atoms with Crippen molar-refractivity contribution in [3.63, 3.8) is 0 Å². The highest BCUT2D eigenvalue weighted by molar-refractivity contribution is 7.89. The van der Waals surface area contributed by atoms with Gasteiger partial charge in [-0.25, -0.2) is 23.3 Å². The van der Waals surface area contributed by atoms with E-state index in [0.29, 0.717) is 22.4 Å². The lowest BCUT2D eigenvalue weighted by atomic mass is 9.99. The summed E-state index contributed by atoms with van der Waals surface area (Å²) in [7, 11) is -4.27. The van der Waals surface area contributed by atoms with Crippen molar-refractivity contribution in [1.29, 1.82) is 0 Å². The number of aromatic nitrogens is 1. The van der Waals surface area contributed by atoms with Gasteiger partial charge in [-0.2, -0.15) is 0 Å². The van der Waals surface area contributed by atoms with E-state index in [9.17, 15) is 13.2 Å². The number of ether oxygens (including phenoxy) is 1. The Kier molecular flexibility index (Phi) is 5.34. The largest absolute Gasteiger partial charge is 0.462 e. The number of pyridine rings is 1. The van der Waals surface area contributed by atoms with Crippen molar-refractivity contribution in [2.75, 3.05) is 6.61 Å². The molecule has 0 atom stereocenters. The lowest BCUT2D eigenvalue weighted by molar-refractivity contribution is 0.0522. The molecule has 0 aliphatic carbocycles. The van der Waals surface area contributed by atoms with Crippen LogP contribution in [0.5, 0.6) is 0 Å². The van der Waals surface area contributed by atoms with Crippen molar-refractivity contribution in [3.8, 4) is 22.4 Å². The molecule has 27 heavy (non-hydrogen) atoms. The van der Waals surface area contributed by atoms with E-state index in [1.807, 2.05) is 24.3 Å². The zero-order valence-electron chi connectivity index (χ0n) is 14.6. The zero-order valence-corrected chi connectivity index (χ0v) is 15.4. The Balaban J connectivity index is 2.38. The van der Waals surface area contributed by atoms with E-state index in [0.717, 1.165) is 0 Å². The van der Waals surface area contributed by atoms with E-state index in [1.165, 1.54) is 0 Å². The number of hydrogen-bond acceptors (Lipinski definition) is 5. The van der Waals surface area contributed by atoms with Crippen LogP contribution in [0.4, 0.5) is 0 Å². The van der Waals surface area contributed by atoms with Crippen LogP contribution in [-0.2, 0) is 14.8 Å². The summed E-state index contributed by atoms with van der Waals surface area (Å²) in [5, 5.41) is 4.89. The van der Waals surface area contributed by atoms with Gasteiger partial charge in [0.25, 0.3) is 10.0 Å². The van der Waals surface area contributed by atoms with Crippen LogP contribution in [0.3, 0.4) is 0 Å². The summed E-state index contributed by atoms with van der Waals surface area (Å²) in [6.45, 7) is 1.74. The van der Waals surface area contributed by atoms with Gasteiger partial charge < -0.3 is 4.74 Å².